The van der Waals surface area contributed by atoms with Crippen molar-refractivity contribution >= 4 is 33.4 Å². The van der Waals surface area contributed by atoms with Gasteiger partial charge in [0.1, 0.15) is 5.82 Å². The Kier molecular flexibility index (Phi) is 6.03. The molecular weight excluding hydrogens is 415 g/mol. The monoisotopic (exact) mass is 430 g/mol. The highest BCUT2D eigenvalue weighted by Gasteiger charge is 2.12. The normalized spacial score (nSPS) is 10.4. The van der Waals surface area contributed by atoms with Gasteiger partial charge in [-0.1, -0.05) is 18.2 Å². The molecule has 7 heteroatoms. The maximum absolute atomic E-state index is 13.2. The van der Waals surface area contributed by atoms with Gasteiger partial charge in [-0.15, -0.1) is 0 Å². The molecular formula is C20H16BrFN2O3. The Hall–Kier alpha value is -2.93. The summed E-state index contributed by atoms with van der Waals surface area (Å²) in [4.78, 5) is 24.4. The van der Waals surface area contributed by atoms with Crippen LogP contribution in [0.5, 0.6) is 0 Å². The molecule has 0 bridgehead atoms. The number of amides is 2. The molecule has 0 aliphatic rings. The molecule has 0 unspecified atom stereocenters. The van der Waals surface area contributed by atoms with Gasteiger partial charge in [0, 0.05) is 17.8 Å². The number of rotatable bonds is 6. The lowest BCUT2D eigenvalue weighted by atomic mass is 10.1. The summed E-state index contributed by atoms with van der Waals surface area (Å²) in [5.41, 5.74) is 1.69. The van der Waals surface area contributed by atoms with Crippen LogP contribution in [0, 0.1) is 5.82 Å². The van der Waals surface area contributed by atoms with Crippen LogP contribution >= 0.6 is 15.9 Å². The fourth-order valence-corrected chi connectivity index (χ4v) is 2.79. The third-order valence-corrected chi connectivity index (χ3v) is 4.19. The zero-order chi connectivity index (χ0) is 19.2. The van der Waals surface area contributed by atoms with Crippen LogP contribution in [-0.2, 0) is 6.42 Å². The van der Waals surface area contributed by atoms with Gasteiger partial charge >= 0.3 is 0 Å². The summed E-state index contributed by atoms with van der Waals surface area (Å²) < 4.78 is 18.8. The van der Waals surface area contributed by atoms with Crippen molar-refractivity contribution in [3.05, 3.63) is 88.0 Å². The molecule has 0 aliphatic carbocycles. The number of carbonyl (C=O) groups excluding carboxylic acids is 2. The summed E-state index contributed by atoms with van der Waals surface area (Å²) in [6.07, 6.45) is 0.521. The summed E-state index contributed by atoms with van der Waals surface area (Å²) in [5, 5.41) is 5.46. The van der Waals surface area contributed by atoms with Gasteiger partial charge in [0.25, 0.3) is 11.8 Å². The highest BCUT2D eigenvalue weighted by molar-refractivity contribution is 9.10. The zero-order valence-corrected chi connectivity index (χ0v) is 15.8. The number of hydrogen-bond donors (Lipinski definition) is 2. The van der Waals surface area contributed by atoms with Gasteiger partial charge in [-0.05, 0) is 70.4 Å². The summed E-state index contributed by atoms with van der Waals surface area (Å²) in [7, 11) is 0. The number of carbonyl (C=O) groups is 2. The van der Waals surface area contributed by atoms with Crippen molar-refractivity contribution in [2.75, 3.05) is 11.9 Å². The molecule has 0 radical (unpaired) electrons. The number of hydrogen-bond acceptors (Lipinski definition) is 3. The van der Waals surface area contributed by atoms with Crippen LogP contribution in [0.3, 0.4) is 0 Å². The zero-order valence-electron chi connectivity index (χ0n) is 14.2. The number of anilines is 1. The number of nitrogens with one attached hydrogen (secondary N) is 2. The average Bonchev–Trinajstić information content (AvgIpc) is 3.08. The van der Waals surface area contributed by atoms with Gasteiger partial charge in [-0.25, -0.2) is 4.39 Å². The highest BCUT2D eigenvalue weighted by Crippen LogP contribution is 2.17. The van der Waals surface area contributed by atoms with E-state index in [0.29, 0.717) is 28.9 Å². The fraction of sp³-hybridized carbons (Fsp3) is 0.100. The second-order valence-electron chi connectivity index (χ2n) is 5.77. The molecule has 0 atom stereocenters. The number of halogens is 2. The second kappa shape index (κ2) is 8.64. The van der Waals surface area contributed by atoms with E-state index in [4.69, 9.17) is 4.42 Å². The van der Waals surface area contributed by atoms with Crippen LogP contribution in [0.15, 0.2) is 69.8 Å². The van der Waals surface area contributed by atoms with Crippen molar-refractivity contribution in [1.82, 2.24) is 5.32 Å². The summed E-state index contributed by atoms with van der Waals surface area (Å²) >= 11 is 3.14. The molecule has 0 fully saturated rings. The van der Waals surface area contributed by atoms with Crippen LogP contribution in [0.1, 0.15) is 26.5 Å². The first-order chi connectivity index (χ1) is 13.0. The van der Waals surface area contributed by atoms with E-state index in [-0.39, 0.29) is 17.5 Å². The van der Waals surface area contributed by atoms with Crippen LogP contribution < -0.4 is 10.6 Å². The molecule has 0 aliphatic heterocycles. The average molecular weight is 431 g/mol. The molecule has 0 spiro atoms. The van der Waals surface area contributed by atoms with Gasteiger partial charge < -0.3 is 15.1 Å². The Morgan fingerprint density at radius 1 is 1.00 bits per heavy atom. The summed E-state index contributed by atoms with van der Waals surface area (Å²) in [5.74, 6) is -0.828. The molecule has 2 N–H and O–H groups in total. The Bertz CT molecular complexity index is 971. The Morgan fingerprint density at radius 2 is 1.81 bits per heavy atom. The number of furan rings is 1. The topological polar surface area (TPSA) is 71.3 Å². The van der Waals surface area contributed by atoms with Gasteiger partial charge in [0.15, 0.2) is 10.4 Å². The SMILES string of the molecule is O=C(NCCc1cccc(F)c1)c1cccc(NC(=O)c2ccc(Br)o2)c1. The molecule has 3 rings (SSSR count). The minimum absolute atomic E-state index is 0.159. The second-order valence-corrected chi connectivity index (χ2v) is 6.56. The van der Waals surface area contributed by atoms with Crippen LogP contribution in [0.25, 0.3) is 0 Å². The molecule has 0 saturated carbocycles. The molecule has 5 nitrogen and oxygen atoms in total. The van der Waals surface area contributed by atoms with E-state index in [1.54, 1.807) is 48.5 Å². The summed E-state index contributed by atoms with van der Waals surface area (Å²) in [6, 6.07) is 16.0. The van der Waals surface area contributed by atoms with E-state index >= 15 is 0 Å². The van der Waals surface area contributed by atoms with Crippen LogP contribution in [0.4, 0.5) is 10.1 Å². The molecule has 3 aromatic rings. The maximum Gasteiger partial charge on any atom is 0.291 e. The molecule has 138 valence electrons. The maximum atomic E-state index is 13.2. The van der Waals surface area contributed by atoms with Crippen molar-refractivity contribution in [2.24, 2.45) is 0 Å². The number of benzene rings is 2. The van der Waals surface area contributed by atoms with E-state index in [1.807, 2.05) is 0 Å². The van der Waals surface area contributed by atoms with E-state index in [2.05, 4.69) is 26.6 Å². The molecule has 1 aromatic heterocycles. The molecule has 0 saturated heterocycles. The summed E-state index contributed by atoms with van der Waals surface area (Å²) in [6.45, 7) is 0.374. The first-order valence-corrected chi connectivity index (χ1v) is 9.00. The van der Waals surface area contributed by atoms with Gasteiger partial charge in [-0.2, -0.15) is 0 Å². The van der Waals surface area contributed by atoms with Crippen molar-refractivity contribution < 1.29 is 18.4 Å². The largest absolute Gasteiger partial charge is 0.444 e. The Balaban J connectivity index is 1.57. The minimum Gasteiger partial charge on any atom is -0.444 e. The van der Waals surface area contributed by atoms with Crippen molar-refractivity contribution in [3.63, 3.8) is 0 Å². The van der Waals surface area contributed by atoms with Gasteiger partial charge in [0.05, 0.1) is 0 Å². The van der Waals surface area contributed by atoms with Crippen LogP contribution in [-0.4, -0.2) is 18.4 Å². The van der Waals surface area contributed by atoms with Gasteiger partial charge in [-0.3, -0.25) is 9.59 Å². The van der Waals surface area contributed by atoms with Crippen molar-refractivity contribution in [2.45, 2.75) is 6.42 Å². The van der Waals surface area contributed by atoms with Gasteiger partial charge in [0.2, 0.25) is 0 Å². The molecule has 27 heavy (non-hydrogen) atoms. The van der Waals surface area contributed by atoms with Crippen molar-refractivity contribution in [1.29, 1.82) is 0 Å². The minimum atomic E-state index is -0.413. The van der Waals surface area contributed by atoms with E-state index in [9.17, 15) is 14.0 Å². The van der Waals surface area contributed by atoms with Crippen LogP contribution in [0.2, 0.25) is 0 Å². The lowest BCUT2D eigenvalue weighted by molar-refractivity contribution is 0.0952. The lowest BCUT2D eigenvalue weighted by Gasteiger charge is -2.08. The quantitative estimate of drug-likeness (QED) is 0.608. The Morgan fingerprint density at radius 3 is 2.56 bits per heavy atom. The Labute approximate surface area is 163 Å². The third kappa shape index (κ3) is 5.27. The molecule has 2 amide bonds. The predicted octanol–water partition coefficient (Wildman–Crippen LogP) is 4.41. The van der Waals surface area contributed by atoms with E-state index in [0.717, 1.165) is 5.56 Å². The first kappa shape index (κ1) is 18.8. The first-order valence-electron chi connectivity index (χ1n) is 8.20. The smallest absolute Gasteiger partial charge is 0.291 e. The van der Waals surface area contributed by atoms with E-state index in [1.165, 1.54) is 12.1 Å². The van der Waals surface area contributed by atoms with E-state index < -0.39 is 5.91 Å². The third-order valence-electron chi connectivity index (χ3n) is 3.77. The highest BCUT2D eigenvalue weighted by atomic mass is 79.9. The van der Waals surface area contributed by atoms with Crippen molar-refractivity contribution in [3.8, 4) is 0 Å². The predicted molar refractivity (Wildman–Crippen MR) is 103 cm³/mol. The lowest BCUT2D eigenvalue weighted by Crippen LogP contribution is -2.25. The molecule has 1 heterocycles. The standard InChI is InChI=1S/C20H16BrFN2O3/c21-18-8-7-17(27-18)20(26)24-16-6-2-4-14(12-16)19(25)23-10-9-13-3-1-5-15(22)11-13/h1-8,11-12H,9-10H2,(H,23,25)(H,24,26). The fourth-order valence-electron chi connectivity index (χ4n) is 2.48. The molecule has 2 aromatic carbocycles.